The summed E-state index contributed by atoms with van der Waals surface area (Å²) in [5, 5.41) is 9.38. The number of aliphatic hydroxyl groups excluding tert-OH is 1. The van der Waals surface area contributed by atoms with Crippen LogP contribution in [0.25, 0.3) is 0 Å². The van der Waals surface area contributed by atoms with Crippen molar-refractivity contribution in [3.8, 4) is 0 Å². The molecule has 1 heteroatoms. The molecule has 0 amide bonds. The molecule has 0 aromatic heterocycles. The Balaban J connectivity index is 2.37. The van der Waals surface area contributed by atoms with Gasteiger partial charge in [0.05, 0.1) is 6.10 Å². The molecule has 13 heavy (non-hydrogen) atoms. The van der Waals surface area contributed by atoms with E-state index < -0.39 is 0 Å². The van der Waals surface area contributed by atoms with Gasteiger partial charge in [-0.2, -0.15) is 0 Å². The lowest BCUT2D eigenvalue weighted by molar-refractivity contribution is 0.219. The quantitative estimate of drug-likeness (QED) is 0.665. The minimum absolute atomic E-state index is 0.222. The Morgan fingerprint density at radius 2 is 2.15 bits per heavy atom. The van der Waals surface area contributed by atoms with E-state index in [2.05, 4.69) is 19.9 Å². The molecule has 0 radical (unpaired) electrons. The summed E-state index contributed by atoms with van der Waals surface area (Å²) in [5.74, 6) is 1.67. The molecule has 0 saturated carbocycles. The Bertz CT molecular complexity index is 180. The highest BCUT2D eigenvalue weighted by atomic mass is 16.3. The molecule has 1 rings (SSSR count). The second-order valence-corrected chi connectivity index (χ2v) is 4.72. The number of aliphatic hydroxyl groups is 1. The number of hydrogen-bond acceptors (Lipinski definition) is 1. The van der Waals surface area contributed by atoms with Crippen LogP contribution in [0.15, 0.2) is 11.6 Å². The molecule has 0 aromatic carbocycles. The third-order valence-corrected chi connectivity index (χ3v) is 2.90. The molecule has 1 aliphatic carbocycles. The molecule has 0 aliphatic heterocycles. The van der Waals surface area contributed by atoms with Gasteiger partial charge in [-0.25, -0.2) is 0 Å². The molecule has 0 spiro atoms. The van der Waals surface area contributed by atoms with Crippen LogP contribution in [0.2, 0.25) is 0 Å². The maximum absolute atomic E-state index is 9.38. The first-order valence-corrected chi connectivity index (χ1v) is 5.46. The van der Waals surface area contributed by atoms with Crippen LogP contribution in [-0.2, 0) is 0 Å². The van der Waals surface area contributed by atoms with E-state index in [1.165, 1.54) is 24.8 Å². The third kappa shape index (κ3) is 3.51. The standard InChI is InChI=1S/C12H22O/c1-9(2)8-11-4-6-12(7-5-11)10(3)13/h6,9-11,13H,4-5,7-8H2,1-3H3. The Morgan fingerprint density at radius 3 is 2.54 bits per heavy atom. The summed E-state index contributed by atoms with van der Waals surface area (Å²) >= 11 is 0. The van der Waals surface area contributed by atoms with Crippen LogP contribution in [0.1, 0.15) is 46.5 Å². The third-order valence-electron chi connectivity index (χ3n) is 2.90. The first-order chi connectivity index (χ1) is 6.09. The summed E-state index contributed by atoms with van der Waals surface area (Å²) in [6, 6.07) is 0. The second kappa shape index (κ2) is 4.80. The van der Waals surface area contributed by atoms with Gasteiger partial charge in [0.1, 0.15) is 0 Å². The molecule has 76 valence electrons. The van der Waals surface area contributed by atoms with Crippen LogP contribution < -0.4 is 0 Å². The van der Waals surface area contributed by atoms with Gasteiger partial charge in [0.25, 0.3) is 0 Å². The SMILES string of the molecule is CC(C)CC1CC=C(C(C)O)CC1. The highest BCUT2D eigenvalue weighted by molar-refractivity contribution is 5.10. The van der Waals surface area contributed by atoms with E-state index in [-0.39, 0.29) is 6.10 Å². The molecule has 0 fully saturated rings. The minimum Gasteiger partial charge on any atom is -0.389 e. The van der Waals surface area contributed by atoms with Crippen LogP contribution in [0, 0.1) is 11.8 Å². The van der Waals surface area contributed by atoms with E-state index in [4.69, 9.17) is 0 Å². The lowest BCUT2D eigenvalue weighted by Crippen LogP contribution is -2.14. The average molecular weight is 182 g/mol. The van der Waals surface area contributed by atoms with Gasteiger partial charge in [-0.1, -0.05) is 19.9 Å². The maximum atomic E-state index is 9.38. The van der Waals surface area contributed by atoms with Crippen molar-refractivity contribution in [1.82, 2.24) is 0 Å². The summed E-state index contributed by atoms with van der Waals surface area (Å²) in [6.45, 7) is 6.44. The Hall–Kier alpha value is -0.300. The van der Waals surface area contributed by atoms with Gasteiger partial charge in [-0.15, -0.1) is 0 Å². The Kier molecular flexibility index (Phi) is 3.98. The topological polar surface area (TPSA) is 20.2 Å². The zero-order valence-corrected chi connectivity index (χ0v) is 9.09. The monoisotopic (exact) mass is 182 g/mol. The van der Waals surface area contributed by atoms with E-state index in [0.29, 0.717) is 0 Å². The molecular weight excluding hydrogens is 160 g/mol. The Morgan fingerprint density at radius 1 is 1.46 bits per heavy atom. The van der Waals surface area contributed by atoms with E-state index in [0.717, 1.165) is 18.3 Å². The first-order valence-electron chi connectivity index (χ1n) is 5.46. The molecule has 2 unspecified atom stereocenters. The summed E-state index contributed by atoms with van der Waals surface area (Å²) < 4.78 is 0. The fourth-order valence-corrected chi connectivity index (χ4v) is 2.17. The predicted octanol–water partition coefficient (Wildman–Crippen LogP) is 3.14. The van der Waals surface area contributed by atoms with Crippen molar-refractivity contribution in [2.24, 2.45) is 11.8 Å². The molecule has 1 nitrogen and oxygen atoms in total. The largest absolute Gasteiger partial charge is 0.389 e. The van der Waals surface area contributed by atoms with Gasteiger partial charge in [0.2, 0.25) is 0 Å². The molecular formula is C12H22O. The zero-order valence-electron chi connectivity index (χ0n) is 9.09. The van der Waals surface area contributed by atoms with Gasteiger partial charge < -0.3 is 5.11 Å². The normalized spacial score (nSPS) is 25.9. The predicted molar refractivity (Wildman–Crippen MR) is 56.6 cm³/mol. The van der Waals surface area contributed by atoms with Gasteiger partial charge >= 0.3 is 0 Å². The average Bonchev–Trinajstić information content (AvgIpc) is 2.04. The van der Waals surface area contributed by atoms with Crippen molar-refractivity contribution in [2.75, 3.05) is 0 Å². The van der Waals surface area contributed by atoms with E-state index in [1.54, 1.807) is 0 Å². The van der Waals surface area contributed by atoms with Crippen molar-refractivity contribution in [2.45, 2.75) is 52.6 Å². The first kappa shape index (κ1) is 10.8. The molecule has 0 aromatic rings. The zero-order chi connectivity index (χ0) is 9.84. The molecule has 0 heterocycles. The highest BCUT2D eigenvalue weighted by Crippen LogP contribution is 2.29. The lowest BCUT2D eigenvalue weighted by Gasteiger charge is -2.24. The number of hydrogen-bond donors (Lipinski definition) is 1. The van der Waals surface area contributed by atoms with Crippen LogP contribution in [0.4, 0.5) is 0 Å². The van der Waals surface area contributed by atoms with Crippen molar-refractivity contribution in [3.05, 3.63) is 11.6 Å². The fraction of sp³-hybridized carbons (Fsp3) is 0.833. The van der Waals surface area contributed by atoms with Crippen molar-refractivity contribution in [1.29, 1.82) is 0 Å². The van der Waals surface area contributed by atoms with Gasteiger partial charge in [-0.3, -0.25) is 0 Å². The van der Waals surface area contributed by atoms with Crippen LogP contribution in [0.3, 0.4) is 0 Å². The lowest BCUT2D eigenvalue weighted by atomic mass is 9.83. The van der Waals surface area contributed by atoms with Gasteiger partial charge in [0, 0.05) is 0 Å². The smallest absolute Gasteiger partial charge is 0.0721 e. The van der Waals surface area contributed by atoms with Crippen LogP contribution in [-0.4, -0.2) is 11.2 Å². The van der Waals surface area contributed by atoms with Crippen molar-refractivity contribution < 1.29 is 5.11 Å². The molecule has 1 N–H and O–H groups in total. The fourth-order valence-electron chi connectivity index (χ4n) is 2.17. The second-order valence-electron chi connectivity index (χ2n) is 4.72. The van der Waals surface area contributed by atoms with Gasteiger partial charge in [-0.05, 0) is 50.0 Å². The molecule has 0 saturated heterocycles. The van der Waals surface area contributed by atoms with E-state index >= 15 is 0 Å². The number of allylic oxidation sites excluding steroid dienone is 1. The minimum atomic E-state index is -0.222. The summed E-state index contributed by atoms with van der Waals surface area (Å²) in [4.78, 5) is 0. The van der Waals surface area contributed by atoms with Crippen molar-refractivity contribution in [3.63, 3.8) is 0 Å². The van der Waals surface area contributed by atoms with Crippen LogP contribution in [0.5, 0.6) is 0 Å². The maximum Gasteiger partial charge on any atom is 0.0721 e. The summed E-state index contributed by atoms with van der Waals surface area (Å²) in [6.07, 6.45) is 6.92. The molecule has 2 atom stereocenters. The summed E-state index contributed by atoms with van der Waals surface area (Å²) in [5.41, 5.74) is 1.25. The molecule has 1 aliphatic rings. The van der Waals surface area contributed by atoms with Gasteiger partial charge in [0.15, 0.2) is 0 Å². The molecule has 0 bridgehead atoms. The summed E-state index contributed by atoms with van der Waals surface area (Å²) in [7, 11) is 0. The van der Waals surface area contributed by atoms with Crippen LogP contribution >= 0.6 is 0 Å². The number of rotatable bonds is 3. The highest BCUT2D eigenvalue weighted by Gasteiger charge is 2.17. The Labute approximate surface area is 81.9 Å². The van der Waals surface area contributed by atoms with E-state index in [9.17, 15) is 5.11 Å². The van der Waals surface area contributed by atoms with Crippen molar-refractivity contribution >= 4 is 0 Å². The van der Waals surface area contributed by atoms with E-state index in [1.807, 2.05) is 6.92 Å².